The average Bonchev–Trinajstić information content (AvgIpc) is 3.65. The maximum atomic E-state index is 14.8. The number of phenolic OH excluding ortho intramolecular Hbond substituents is 1. The molecule has 1 amide bonds. The molecule has 9 heteroatoms. The third-order valence-electron chi connectivity index (χ3n) is 10.7. The van der Waals surface area contributed by atoms with Crippen molar-refractivity contribution in [2.24, 2.45) is 5.92 Å². The van der Waals surface area contributed by atoms with E-state index in [0.29, 0.717) is 28.9 Å². The number of benzene rings is 5. The summed E-state index contributed by atoms with van der Waals surface area (Å²) in [6, 6.07) is 37.8. The fraction of sp³-hybridized carbons (Fsp3) is 0.205. The Kier molecular flexibility index (Phi) is 8.79. The van der Waals surface area contributed by atoms with Gasteiger partial charge in [-0.05, 0) is 65.2 Å². The average molecular weight is 704 g/mol. The Bertz CT molecular complexity index is 2240. The standard InChI is InChI=1S/C44H37N3O6/c1-46(27-29-12-5-2-6-13-29)25-11-14-28-19-24-35-34(26-28)44(43(52)45-35)36(41(49)50)38-42(51)53-39(31-17-9-4-10-18-31)37(30-15-7-3-8-16-30)47(38)40(44)32-20-22-33(48)23-21-32/h2-10,12-13,15-24,26,36-40,48H,25,27H2,1H3,(H,45,52)(H,49,50). The molecule has 53 heavy (non-hydrogen) atoms. The number of carboxylic acid groups (broad SMARTS) is 1. The van der Waals surface area contributed by atoms with Gasteiger partial charge in [0, 0.05) is 17.8 Å². The Morgan fingerprint density at radius 2 is 1.47 bits per heavy atom. The minimum absolute atomic E-state index is 0.0121. The number of fused-ring (bicyclic) bond motifs is 3. The third kappa shape index (κ3) is 5.82. The number of amides is 1. The number of nitrogens with one attached hydrogen (secondary N) is 1. The molecule has 2 fully saturated rings. The number of hydrogen-bond acceptors (Lipinski definition) is 7. The first kappa shape index (κ1) is 33.9. The summed E-state index contributed by atoms with van der Waals surface area (Å²) in [6.07, 6.45) is -0.819. The zero-order valence-corrected chi connectivity index (χ0v) is 28.9. The molecule has 0 aliphatic carbocycles. The smallest absolute Gasteiger partial charge is 0.325 e. The number of hydrogen-bond donors (Lipinski definition) is 3. The van der Waals surface area contributed by atoms with Gasteiger partial charge in [0.05, 0.1) is 18.6 Å². The molecule has 2 saturated heterocycles. The lowest BCUT2D eigenvalue weighted by molar-refractivity contribution is -0.179. The van der Waals surface area contributed by atoms with Gasteiger partial charge in [0.1, 0.15) is 29.2 Å². The monoisotopic (exact) mass is 703 g/mol. The third-order valence-corrected chi connectivity index (χ3v) is 10.7. The summed E-state index contributed by atoms with van der Waals surface area (Å²) in [4.78, 5) is 46.9. The van der Waals surface area contributed by atoms with Crippen LogP contribution in [0.5, 0.6) is 5.75 Å². The van der Waals surface area contributed by atoms with Gasteiger partial charge in [0.2, 0.25) is 5.91 Å². The van der Waals surface area contributed by atoms with Crippen molar-refractivity contribution in [1.82, 2.24) is 9.80 Å². The molecule has 0 bridgehead atoms. The lowest BCUT2D eigenvalue weighted by Crippen LogP contribution is -2.52. The maximum Gasteiger partial charge on any atom is 0.325 e. The van der Waals surface area contributed by atoms with Gasteiger partial charge in [-0.1, -0.05) is 115 Å². The summed E-state index contributed by atoms with van der Waals surface area (Å²) in [5, 5.41) is 24.5. The summed E-state index contributed by atoms with van der Waals surface area (Å²) in [6.45, 7) is 1.19. The molecule has 0 saturated carbocycles. The highest BCUT2D eigenvalue weighted by Gasteiger charge is 2.74. The fourth-order valence-corrected chi connectivity index (χ4v) is 8.53. The molecule has 3 heterocycles. The number of aliphatic carboxylic acids is 1. The molecule has 6 atom stereocenters. The van der Waals surface area contributed by atoms with Crippen LogP contribution in [0, 0.1) is 17.8 Å². The second kappa shape index (κ2) is 13.7. The number of carboxylic acids is 1. The van der Waals surface area contributed by atoms with Crippen LogP contribution >= 0.6 is 0 Å². The van der Waals surface area contributed by atoms with Crippen LogP contribution in [-0.2, 0) is 31.1 Å². The first-order valence-corrected chi connectivity index (χ1v) is 17.5. The lowest BCUT2D eigenvalue weighted by atomic mass is 9.65. The van der Waals surface area contributed by atoms with E-state index < -0.39 is 53.4 Å². The van der Waals surface area contributed by atoms with Crippen LogP contribution in [0.2, 0.25) is 0 Å². The van der Waals surface area contributed by atoms with Gasteiger partial charge < -0.3 is 20.3 Å². The first-order valence-electron chi connectivity index (χ1n) is 17.5. The zero-order chi connectivity index (χ0) is 36.7. The van der Waals surface area contributed by atoms with Gasteiger partial charge in [0.25, 0.3) is 0 Å². The maximum absolute atomic E-state index is 14.8. The molecule has 3 aliphatic heterocycles. The summed E-state index contributed by atoms with van der Waals surface area (Å²) >= 11 is 0. The predicted octanol–water partition coefficient (Wildman–Crippen LogP) is 6.23. The van der Waals surface area contributed by atoms with Crippen LogP contribution in [0.1, 0.15) is 51.6 Å². The zero-order valence-electron chi connectivity index (χ0n) is 28.9. The van der Waals surface area contributed by atoms with E-state index in [-0.39, 0.29) is 5.75 Å². The molecule has 9 nitrogen and oxygen atoms in total. The van der Waals surface area contributed by atoms with Crippen molar-refractivity contribution in [3.05, 3.63) is 167 Å². The van der Waals surface area contributed by atoms with E-state index in [0.717, 1.165) is 17.7 Å². The Morgan fingerprint density at radius 3 is 2.13 bits per heavy atom. The van der Waals surface area contributed by atoms with Crippen molar-refractivity contribution in [2.45, 2.75) is 36.2 Å². The lowest BCUT2D eigenvalue weighted by Gasteiger charge is -2.46. The first-order chi connectivity index (χ1) is 25.8. The molecule has 6 unspecified atom stereocenters. The van der Waals surface area contributed by atoms with Gasteiger partial charge in [-0.15, -0.1) is 0 Å². The van der Waals surface area contributed by atoms with E-state index in [4.69, 9.17) is 4.74 Å². The van der Waals surface area contributed by atoms with E-state index in [9.17, 15) is 24.6 Å². The van der Waals surface area contributed by atoms with E-state index in [1.54, 1.807) is 24.3 Å². The molecule has 3 aliphatic rings. The number of nitrogens with zero attached hydrogens (tertiary/aromatic N) is 2. The SMILES string of the molecule is CN(CC#Cc1ccc2c(c1)C1(C(=O)N2)C(C(=O)O)C2C(=O)OC(c3ccccc3)C(c3ccccc3)N2C1c1ccc(O)cc1)Cc1ccccc1. The number of morpholine rings is 1. The number of carbonyl (C=O) groups excluding carboxylic acids is 2. The van der Waals surface area contributed by atoms with Crippen molar-refractivity contribution in [3.63, 3.8) is 0 Å². The number of carbonyl (C=O) groups is 3. The summed E-state index contributed by atoms with van der Waals surface area (Å²) < 4.78 is 6.26. The molecular formula is C44H37N3O6. The second-order valence-electron chi connectivity index (χ2n) is 13.9. The summed E-state index contributed by atoms with van der Waals surface area (Å²) in [5.41, 5.74) is 2.99. The number of esters is 1. The minimum Gasteiger partial charge on any atom is -0.508 e. The highest BCUT2D eigenvalue weighted by Crippen LogP contribution is 2.64. The second-order valence-corrected chi connectivity index (χ2v) is 13.9. The van der Waals surface area contributed by atoms with Crippen molar-refractivity contribution in [1.29, 1.82) is 0 Å². The fourth-order valence-electron chi connectivity index (χ4n) is 8.53. The van der Waals surface area contributed by atoms with E-state index in [2.05, 4.69) is 34.2 Å². The quantitative estimate of drug-likeness (QED) is 0.135. The van der Waals surface area contributed by atoms with Crippen LogP contribution in [0.3, 0.4) is 0 Å². The molecule has 1 spiro atoms. The van der Waals surface area contributed by atoms with Crippen LogP contribution < -0.4 is 5.32 Å². The van der Waals surface area contributed by atoms with Gasteiger partial charge in [-0.2, -0.15) is 0 Å². The molecule has 264 valence electrons. The van der Waals surface area contributed by atoms with E-state index >= 15 is 0 Å². The Hall–Kier alpha value is -6.21. The highest BCUT2D eigenvalue weighted by atomic mass is 16.6. The molecule has 0 radical (unpaired) electrons. The molecule has 0 aromatic heterocycles. The van der Waals surface area contributed by atoms with Crippen LogP contribution in [0.15, 0.2) is 133 Å². The van der Waals surface area contributed by atoms with Gasteiger partial charge in [0.15, 0.2) is 0 Å². The van der Waals surface area contributed by atoms with Crippen molar-refractivity contribution in [2.75, 3.05) is 18.9 Å². The Labute approximate surface area is 307 Å². The number of rotatable bonds is 7. The van der Waals surface area contributed by atoms with Crippen molar-refractivity contribution < 1.29 is 29.3 Å². The highest BCUT2D eigenvalue weighted by molar-refractivity contribution is 6.11. The number of ether oxygens (including phenoxy) is 1. The van der Waals surface area contributed by atoms with Crippen LogP contribution in [0.25, 0.3) is 0 Å². The van der Waals surface area contributed by atoms with Crippen molar-refractivity contribution in [3.8, 4) is 17.6 Å². The van der Waals surface area contributed by atoms with E-state index in [1.807, 2.05) is 96.9 Å². The van der Waals surface area contributed by atoms with Crippen LogP contribution in [0.4, 0.5) is 5.69 Å². The predicted molar refractivity (Wildman–Crippen MR) is 198 cm³/mol. The topological polar surface area (TPSA) is 119 Å². The van der Waals surface area contributed by atoms with E-state index in [1.165, 1.54) is 17.7 Å². The largest absolute Gasteiger partial charge is 0.508 e. The Balaban J connectivity index is 1.30. The molecule has 5 aromatic rings. The summed E-state index contributed by atoms with van der Waals surface area (Å²) in [5.74, 6) is 2.39. The van der Waals surface area contributed by atoms with Crippen LogP contribution in [-0.4, -0.2) is 57.5 Å². The molecule has 3 N–H and O–H groups in total. The molecular weight excluding hydrogens is 666 g/mol. The summed E-state index contributed by atoms with van der Waals surface area (Å²) in [7, 11) is 1.99. The van der Waals surface area contributed by atoms with Gasteiger partial charge >= 0.3 is 11.9 Å². The number of anilines is 1. The van der Waals surface area contributed by atoms with Gasteiger partial charge in [-0.3, -0.25) is 24.2 Å². The number of aromatic hydroxyl groups is 1. The normalized spacial score (nSPS) is 24.5. The molecule has 5 aromatic carbocycles. The minimum atomic E-state index is -1.79. The van der Waals surface area contributed by atoms with Crippen molar-refractivity contribution >= 4 is 23.5 Å². The molecule has 8 rings (SSSR count). The number of phenols is 1. The number of cyclic esters (lactones) is 1. The Morgan fingerprint density at radius 1 is 0.830 bits per heavy atom. The van der Waals surface area contributed by atoms with Gasteiger partial charge in [-0.25, -0.2) is 0 Å².